The maximum Gasteiger partial charge on any atom is 0.321 e. The van der Waals surface area contributed by atoms with Crippen molar-refractivity contribution >= 4 is 5.97 Å². The van der Waals surface area contributed by atoms with Crippen LogP contribution >= 0.6 is 0 Å². The highest BCUT2D eigenvalue weighted by molar-refractivity contribution is 5.89. The van der Waals surface area contributed by atoms with E-state index in [1.54, 1.807) is 0 Å². The number of benzene rings is 2. The van der Waals surface area contributed by atoms with Gasteiger partial charge in [-0.25, -0.2) is 0 Å². The Hall–Kier alpha value is -2.13. The second-order valence-electron chi connectivity index (χ2n) is 5.05. The quantitative estimate of drug-likeness (QED) is 0.869. The van der Waals surface area contributed by atoms with Gasteiger partial charge in [-0.3, -0.25) is 4.79 Å². The van der Waals surface area contributed by atoms with Crippen LogP contribution < -0.4 is 0 Å². The zero-order chi connectivity index (χ0) is 14.0. The van der Waals surface area contributed by atoms with E-state index in [9.17, 15) is 9.90 Å². The zero-order valence-corrected chi connectivity index (χ0v) is 11.0. The van der Waals surface area contributed by atoms with Gasteiger partial charge in [-0.05, 0) is 11.1 Å². The van der Waals surface area contributed by atoms with Crippen LogP contribution in [0.4, 0.5) is 0 Å². The molecule has 2 aromatic carbocycles. The van der Waals surface area contributed by atoms with Crippen molar-refractivity contribution in [1.29, 1.82) is 0 Å². The number of rotatable bonds is 3. The third kappa shape index (κ3) is 1.91. The number of carbonyl (C=O) groups excluding carboxylic acids is 1. The summed E-state index contributed by atoms with van der Waals surface area (Å²) in [5.74, 6) is -0.283. The Morgan fingerprint density at radius 3 is 1.90 bits per heavy atom. The van der Waals surface area contributed by atoms with E-state index in [2.05, 4.69) is 0 Å². The summed E-state index contributed by atoms with van der Waals surface area (Å²) in [5, 5.41) is 9.33. The molecule has 1 heterocycles. The molecule has 1 atom stereocenters. The number of hydrogen-bond acceptors (Lipinski definition) is 3. The van der Waals surface area contributed by atoms with E-state index < -0.39 is 11.5 Å². The predicted octanol–water partition coefficient (Wildman–Crippen LogP) is 2.28. The summed E-state index contributed by atoms with van der Waals surface area (Å²) in [6.07, 6.45) is 0.0269. The highest BCUT2D eigenvalue weighted by Gasteiger charge is 2.51. The molecule has 2 aromatic rings. The summed E-state index contributed by atoms with van der Waals surface area (Å²) in [5.41, 5.74) is 1.01. The van der Waals surface area contributed by atoms with E-state index in [0.29, 0.717) is 6.42 Å². The van der Waals surface area contributed by atoms with Gasteiger partial charge >= 0.3 is 5.97 Å². The van der Waals surface area contributed by atoms with Crippen molar-refractivity contribution in [1.82, 2.24) is 0 Å². The molecule has 3 rings (SSSR count). The van der Waals surface area contributed by atoms with Gasteiger partial charge in [-0.1, -0.05) is 60.7 Å². The fourth-order valence-electron chi connectivity index (χ4n) is 2.90. The first-order valence-electron chi connectivity index (χ1n) is 6.70. The highest BCUT2D eigenvalue weighted by atomic mass is 16.6. The standard InChI is InChI=1S/C17H16O3/c18-12-15-11-17(16(19)20-15,13-7-3-1-4-8-13)14-9-5-2-6-10-14/h1-10,15,18H,11-12H2. The number of aliphatic hydroxyl groups excluding tert-OH is 1. The molecule has 1 N–H and O–H groups in total. The average Bonchev–Trinajstić information content (AvgIpc) is 2.87. The molecule has 1 fully saturated rings. The van der Waals surface area contributed by atoms with Crippen molar-refractivity contribution in [3.8, 4) is 0 Å². The van der Waals surface area contributed by atoms with Gasteiger partial charge in [0.05, 0.1) is 6.61 Å². The summed E-state index contributed by atoms with van der Waals surface area (Å²) < 4.78 is 5.35. The topological polar surface area (TPSA) is 46.5 Å². The van der Waals surface area contributed by atoms with Gasteiger partial charge in [0.2, 0.25) is 0 Å². The first-order chi connectivity index (χ1) is 9.77. The SMILES string of the molecule is O=C1OC(CO)CC1(c1ccccc1)c1ccccc1. The molecule has 1 saturated heterocycles. The molecule has 1 aliphatic heterocycles. The van der Waals surface area contributed by atoms with Crippen molar-refractivity contribution in [2.45, 2.75) is 17.9 Å². The Bertz CT molecular complexity index is 553. The molecule has 102 valence electrons. The largest absolute Gasteiger partial charge is 0.459 e. The number of cyclic esters (lactones) is 1. The van der Waals surface area contributed by atoms with E-state index in [-0.39, 0.29) is 12.6 Å². The van der Waals surface area contributed by atoms with Gasteiger partial charge in [-0.2, -0.15) is 0 Å². The minimum Gasteiger partial charge on any atom is -0.459 e. The fourth-order valence-corrected chi connectivity index (χ4v) is 2.90. The van der Waals surface area contributed by atoms with Crippen LogP contribution in [0.5, 0.6) is 0 Å². The molecule has 0 amide bonds. The molecule has 0 bridgehead atoms. The molecule has 3 heteroatoms. The van der Waals surface area contributed by atoms with Gasteiger partial charge in [0, 0.05) is 6.42 Å². The third-order valence-electron chi connectivity index (χ3n) is 3.89. The lowest BCUT2D eigenvalue weighted by atomic mass is 9.72. The van der Waals surface area contributed by atoms with Gasteiger partial charge < -0.3 is 9.84 Å². The van der Waals surface area contributed by atoms with Crippen LogP contribution in [0.15, 0.2) is 60.7 Å². The molecule has 0 spiro atoms. The minimum absolute atomic E-state index is 0.146. The van der Waals surface area contributed by atoms with Crippen LogP contribution in [0.3, 0.4) is 0 Å². The summed E-state index contributed by atoms with van der Waals surface area (Å²) in [6, 6.07) is 19.3. The second kappa shape index (κ2) is 5.10. The normalized spacial score (nSPS) is 20.6. The van der Waals surface area contributed by atoms with Crippen LogP contribution in [-0.2, 0) is 14.9 Å². The summed E-state index contributed by atoms with van der Waals surface area (Å²) in [6.45, 7) is -0.146. The molecular weight excluding hydrogens is 252 g/mol. The van der Waals surface area contributed by atoms with Crippen molar-refractivity contribution in [2.75, 3.05) is 6.61 Å². The highest BCUT2D eigenvalue weighted by Crippen LogP contribution is 2.43. The minimum atomic E-state index is -0.810. The molecule has 1 unspecified atom stereocenters. The first-order valence-corrected chi connectivity index (χ1v) is 6.70. The fraction of sp³-hybridized carbons (Fsp3) is 0.235. The first kappa shape index (κ1) is 12.9. The summed E-state index contributed by atoms with van der Waals surface area (Å²) >= 11 is 0. The van der Waals surface area contributed by atoms with Gasteiger partial charge in [0.1, 0.15) is 11.5 Å². The Morgan fingerprint density at radius 1 is 1.00 bits per heavy atom. The maximum absolute atomic E-state index is 12.5. The predicted molar refractivity (Wildman–Crippen MR) is 75.2 cm³/mol. The molecule has 0 saturated carbocycles. The monoisotopic (exact) mass is 268 g/mol. The van der Waals surface area contributed by atoms with Crippen LogP contribution in [0.25, 0.3) is 0 Å². The van der Waals surface area contributed by atoms with E-state index in [1.807, 2.05) is 60.7 Å². The van der Waals surface area contributed by atoms with E-state index in [0.717, 1.165) is 11.1 Å². The van der Waals surface area contributed by atoms with Gasteiger partial charge in [0.15, 0.2) is 0 Å². The van der Waals surface area contributed by atoms with Crippen molar-refractivity contribution < 1.29 is 14.6 Å². The number of carbonyl (C=O) groups is 1. The number of ether oxygens (including phenoxy) is 1. The zero-order valence-electron chi connectivity index (χ0n) is 11.0. The van der Waals surface area contributed by atoms with E-state index in [4.69, 9.17) is 4.74 Å². The lowest BCUT2D eigenvalue weighted by Gasteiger charge is -2.26. The van der Waals surface area contributed by atoms with Crippen LogP contribution in [-0.4, -0.2) is 23.8 Å². The molecule has 1 aliphatic rings. The van der Waals surface area contributed by atoms with E-state index in [1.165, 1.54) is 0 Å². The molecule has 0 radical (unpaired) electrons. The Kier molecular flexibility index (Phi) is 3.28. The molecule has 20 heavy (non-hydrogen) atoms. The Balaban J connectivity index is 2.17. The van der Waals surface area contributed by atoms with Crippen molar-refractivity contribution in [3.63, 3.8) is 0 Å². The molecular formula is C17H16O3. The lowest BCUT2D eigenvalue weighted by molar-refractivity contribution is -0.145. The van der Waals surface area contributed by atoms with Crippen LogP contribution in [0, 0.1) is 0 Å². The van der Waals surface area contributed by atoms with Crippen molar-refractivity contribution in [2.24, 2.45) is 0 Å². The summed E-state index contributed by atoms with van der Waals surface area (Å²) in [4.78, 5) is 12.5. The number of esters is 1. The molecule has 0 aliphatic carbocycles. The Labute approximate surface area is 117 Å². The van der Waals surface area contributed by atoms with Crippen LogP contribution in [0.1, 0.15) is 17.5 Å². The Morgan fingerprint density at radius 2 is 1.50 bits per heavy atom. The van der Waals surface area contributed by atoms with Gasteiger partial charge in [0.25, 0.3) is 0 Å². The molecule has 0 aromatic heterocycles. The second-order valence-corrected chi connectivity index (χ2v) is 5.05. The number of aliphatic hydroxyl groups is 1. The molecule has 3 nitrogen and oxygen atoms in total. The summed E-state index contributed by atoms with van der Waals surface area (Å²) in [7, 11) is 0. The average molecular weight is 268 g/mol. The smallest absolute Gasteiger partial charge is 0.321 e. The van der Waals surface area contributed by atoms with Crippen molar-refractivity contribution in [3.05, 3.63) is 71.8 Å². The number of hydrogen-bond donors (Lipinski definition) is 1. The van der Waals surface area contributed by atoms with Gasteiger partial charge in [-0.15, -0.1) is 0 Å². The maximum atomic E-state index is 12.5. The lowest BCUT2D eigenvalue weighted by Crippen LogP contribution is -2.33. The van der Waals surface area contributed by atoms with Crippen LogP contribution in [0.2, 0.25) is 0 Å². The van der Waals surface area contributed by atoms with E-state index >= 15 is 0 Å². The third-order valence-corrected chi connectivity index (χ3v) is 3.89.